The third-order valence-corrected chi connectivity index (χ3v) is 9.97. The van der Waals surface area contributed by atoms with Crippen molar-refractivity contribution in [1.29, 1.82) is 0 Å². The lowest BCUT2D eigenvalue weighted by atomic mass is 9.63. The third kappa shape index (κ3) is 4.46. The maximum atomic E-state index is 13.9. The highest BCUT2D eigenvalue weighted by Gasteiger charge is 2.58. The van der Waals surface area contributed by atoms with Crippen LogP contribution in [0, 0.1) is 11.8 Å². The molecule has 10 atom stereocenters. The maximum Gasteiger partial charge on any atom is 0.336 e. The lowest BCUT2D eigenvalue weighted by Crippen LogP contribution is -2.56. The Bertz CT molecular complexity index is 1520. The van der Waals surface area contributed by atoms with Gasteiger partial charge in [-0.05, 0) is 13.0 Å². The number of hydrogen-bond acceptors (Lipinski definition) is 13. The molecule has 0 radical (unpaired) electrons. The second-order valence-electron chi connectivity index (χ2n) is 12.3. The van der Waals surface area contributed by atoms with Crippen LogP contribution in [-0.4, -0.2) is 119 Å². The van der Waals surface area contributed by atoms with E-state index in [1.807, 2.05) is 6.92 Å². The summed E-state index contributed by atoms with van der Waals surface area (Å²) in [7, 11) is 2.89. The highest BCUT2D eigenvalue weighted by Crippen LogP contribution is 2.52. The Morgan fingerprint density at radius 3 is 2.56 bits per heavy atom. The average Bonchev–Trinajstić information content (AvgIpc) is 3.40. The Morgan fingerprint density at radius 1 is 1.09 bits per heavy atom. The molecule has 3 saturated heterocycles. The first-order chi connectivity index (χ1) is 21.5. The Kier molecular flexibility index (Phi) is 7.32. The molecule has 1 aromatic rings. The number of carbonyl (C=O) groups excluding carboxylic acids is 2. The van der Waals surface area contributed by atoms with E-state index in [2.05, 4.69) is 4.90 Å². The second-order valence-corrected chi connectivity index (χ2v) is 12.3. The minimum absolute atomic E-state index is 0.0103. The molecular formula is C31H35NO13. The molecule has 0 aromatic heterocycles. The third-order valence-electron chi connectivity index (χ3n) is 9.97. The second kappa shape index (κ2) is 10.9. The number of methoxy groups -OCH3 is 2. The number of aliphatic hydroxyl groups excluding tert-OH is 2. The number of carboxylic acids is 1. The van der Waals surface area contributed by atoms with E-state index in [0.717, 1.165) is 0 Å². The van der Waals surface area contributed by atoms with Gasteiger partial charge in [0.1, 0.15) is 23.4 Å². The molecule has 0 bridgehead atoms. The van der Waals surface area contributed by atoms with E-state index < -0.39 is 90.3 Å². The summed E-state index contributed by atoms with van der Waals surface area (Å²) >= 11 is 0. The molecule has 6 aliphatic rings. The Balaban J connectivity index is 1.26. The number of aliphatic carboxylic acids is 1. The highest BCUT2D eigenvalue weighted by atomic mass is 16.7. The first-order valence-electron chi connectivity index (χ1n) is 14.9. The zero-order valence-electron chi connectivity index (χ0n) is 24.9. The monoisotopic (exact) mass is 629 g/mol. The van der Waals surface area contributed by atoms with Crippen molar-refractivity contribution in [3.8, 4) is 5.75 Å². The van der Waals surface area contributed by atoms with Crippen molar-refractivity contribution in [1.82, 2.24) is 4.90 Å². The number of benzene rings is 1. The SMILES string of the molecule is COc1cccc2c1C(=O)C1C(O)=C3C(=C(O)C1C2=O)C[C@@](O)(C(=O)O)C[C@@H]3O[C@H]1C[C@H]2[C@H](O[C@@H]3[C@@H](OC)OCCN32)[C@H](C)O1. The molecule has 2 unspecified atom stereocenters. The standard InChI is InChI=1S/C31H35NO13/c1-12-27-15(32-7-8-42-29(41-3)28(32)45-27)9-18(43-12)44-17-11-31(39,30(37)38)10-14-20(17)26(36)22-21(24(14)34)23(33)13-5-4-6-16(40-2)19(13)25(22)35/h4-6,12,15,17-18,21-22,27-29,34,36,39H,7-11H2,1-3H3,(H,37,38)/t12-,15-,17-,18-,21?,22?,27+,28+,29-,31-/m0/s1. The predicted molar refractivity (Wildman–Crippen MR) is 149 cm³/mol. The van der Waals surface area contributed by atoms with Crippen LogP contribution in [0.5, 0.6) is 5.75 Å². The van der Waals surface area contributed by atoms with Crippen LogP contribution in [-0.2, 0) is 28.5 Å². The fraction of sp³-hybridized carbons (Fsp3) is 0.581. The molecule has 45 heavy (non-hydrogen) atoms. The van der Waals surface area contributed by atoms with Gasteiger partial charge in [-0.1, -0.05) is 12.1 Å². The van der Waals surface area contributed by atoms with E-state index in [0.29, 0.717) is 13.2 Å². The van der Waals surface area contributed by atoms with Crippen molar-refractivity contribution in [2.45, 2.75) is 74.9 Å². The van der Waals surface area contributed by atoms with Crippen LogP contribution in [0.1, 0.15) is 46.9 Å². The number of allylic oxidation sites excluding steroid dienone is 2. The van der Waals surface area contributed by atoms with E-state index in [4.69, 9.17) is 28.4 Å². The summed E-state index contributed by atoms with van der Waals surface area (Å²) in [4.78, 5) is 42.0. The number of carbonyl (C=O) groups is 3. The number of ether oxygens (including phenoxy) is 6. The molecule has 3 aliphatic heterocycles. The number of morpholine rings is 1. The van der Waals surface area contributed by atoms with Crippen molar-refractivity contribution in [3.05, 3.63) is 52.0 Å². The van der Waals surface area contributed by atoms with Crippen LogP contribution < -0.4 is 4.74 Å². The van der Waals surface area contributed by atoms with Gasteiger partial charge in [-0.15, -0.1) is 0 Å². The summed E-state index contributed by atoms with van der Waals surface area (Å²) in [5.41, 5.74) is -2.60. The fourth-order valence-electron chi connectivity index (χ4n) is 7.89. The van der Waals surface area contributed by atoms with Crippen LogP contribution in [0.25, 0.3) is 0 Å². The zero-order chi connectivity index (χ0) is 31.9. The summed E-state index contributed by atoms with van der Waals surface area (Å²) in [5.74, 6) is -6.83. The van der Waals surface area contributed by atoms with Gasteiger partial charge in [0, 0.05) is 55.7 Å². The minimum Gasteiger partial charge on any atom is -0.511 e. The first-order valence-corrected chi connectivity index (χ1v) is 14.9. The molecule has 0 amide bonds. The van der Waals surface area contributed by atoms with E-state index in [-0.39, 0.29) is 46.6 Å². The fourth-order valence-corrected chi connectivity index (χ4v) is 7.89. The maximum absolute atomic E-state index is 13.9. The normalized spacial score (nSPS) is 39.5. The lowest BCUT2D eigenvalue weighted by molar-refractivity contribution is -0.253. The molecule has 14 heteroatoms. The van der Waals surface area contributed by atoms with Crippen LogP contribution in [0.4, 0.5) is 0 Å². The molecule has 4 N–H and O–H groups in total. The van der Waals surface area contributed by atoms with Crippen LogP contribution in [0.2, 0.25) is 0 Å². The zero-order valence-corrected chi connectivity index (χ0v) is 24.9. The quantitative estimate of drug-likeness (QED) is 0.366. The van der Waals surface area contributed by atoms with E-state index in [1.54, 1.807) is 0 Å². The molecular weight excluding hydrogens is 594 g/mol. The number of rotatable bonds is 5. The molecule has 4 fully saturated rings. The van der Waals surface area contributed by atoms with Gasteiger partial charge >= 0.3 is 5.97 Å². The molecule has 0 spiro atoms. The number of aliphatic hydroxyl groups is 3. The smallest absolute Gasteiger partial charge is 0.336 e. The van der Waals surface area contributed by atoms with E-state index >= 15 is 0 Å². The average molecular weight is 630 g/mol. The van der Waals surface area contributed by atoms with Crippen molar-refractivity contribution in [2.24, 2.45) is 11.8 Å². The summed E-state index contributed by atoms with van der Waals surface area (Å²) in [6, 6.07) is 4.31. The molecule has 7 rings (SSSR count). The van der Waals surface area contributed by atoms with Gasteiger partial charge in [-0.3, -0.25) is 14.5 Å². The summed E-state index contributed by atoms with van der Waals surface area (Å²) in [5, 5.41) is 44.5. The van der Waals surface area contributed by atoms with Gasteiger partial charge < -0.3 is 48.8 Å². The molecule has 14 nitrogen and oxygen atoms in total. The van der Waals surface area contributed by atoms with Crippen molar-refractivity contribution >= 4 is 17.5 Å². The predicted octanol–water partition coefficient (Wildman–Crippen LogP) is 1.47. The van der Waals surface area contributed by atoms with Crippen LogP contribution in [0.3, 0.4) is 0 Å². The van der Waals surface area contributed by atoms with Gasteiger partial charge in [0.05, 0.1) is 43.3 Å². The van der Waals surface area contributed by atoms with Gasteiger partial charge in [-0.2, -0.15) is 0 Å². The van der Waals surface area contributed by atoms with Crippen molar-refractivity contribution in [2.75, 3.05) is 27.4 Å². The van der Waals surface area contributed by atoms with Gasteiger partial charge in [-0.25, -0.2) is 4.79 Å². The molecule has 3 heterocycles. The minimum atomic E-state index is -2.41. The largest absolute Gasteiger partial charge is 0.511 e. The van der Waals surface area contributed by atoms with Gasteiger partial charge in [0.15, 0.2) is 36.0 Å². The Hall–Kier alpha value is -3.37. The van der Waals surface area contributed by atoms with Gasteiger partial charge in [0.2, 0.25) is 0 Å². The number of carboxylic acid groups (broad SMARTS) is 1. The molecule has 242 valence electrons. The number of nitrogens with zero attached hydrogens (tertiary/aromatic N) is 1. The molecule has 1 aromatic carbocycles. The highest BCUT2D eigenvalue weighted by molar-refractivity contribution is 6.19. The molecule has 3 aliphatic carbocycles. The topological polar surface area (TPSA) is 191 Å². The summed E-state index contributed by atoms with van der Waals surface area (Å²) in [6.45, 7) is 2.82. The van der Waals surface area contributed by atoms with E-state index in [1.165, 1.54) is 32.4 Å². The van der Waals surface area contributed by atoms with Crippen molar-refractivity contribution < 1.29 is 63.2 Å². The van der Waals surface area contributed by atoms with Crippen LogP contribution in [0.15, 0.2) is 40.9 Å². The molecule has 1 saturated carbocycles. The number of fused-ring (bicyclic) bond motifs is 6. The van der Waals surface area contributed by atoms with Gasteiger partial charge in [0.25, 0.3) is 0 Å². The van der Waals surface area contributed by atoms with E-state index in [9.17, 15) is 34.8 Å². The summed E-state index contributed by atoms with van der Waals surface area (Å²) in [6.07, 6.45) is -4.95. The van der Waals surface area contributed by atoms with Crippen molar-refractivity contribution in [3.63, 3.8) is 0 Å². The first kappa shape index (κ1) is 30.3. The number of hydrogen-bond donors (Lipinski definition) is 4. The van der Waals surface area contributed by atoms with Crippen LogP contribution >= 0.6 is 0 Å². The lowest BCUT2D eigenvalue weighted by Gasteiger charge is -2.45. The summed E-state index contributed by atoms with van der Waals surface area (Å²) < 4.78 is 35.2. The Morgan fingerprint density at radius 2 is 1.84 bits per heavy atom. The number of Topliss-reactive ketones (excluding diaryl/α,β-unsaturated/α-hetero) is 2. The Labute approximate surface area is 257 Å². The number of ketones is 2.